The molecule has 0 saturated heterocycles. The first-order chi connectivity index (χ1) is 8.36. The van der Waals surface area contributed by atoms with Gasteiger partial charge in [0.05, 0.1) is 16.9 Å². The molecule has 0 fully saturated rings. The van der Waals surface area contributed by atoms with E-state index >= 15 is 0 Å². The zero-order chi connectivity index (χ0) is 11.7. The minimum absolute atomic E-state index is 0.320. The number of alkyl halides is 1. The summed E-state index contributed by atoms with van der Waals surface area (Å²) in [7, 11) is 0. The number of halogens is 1. The van der Waals surface area contributed by atoms with Crippen LogP contribution >= 0.6 is 11.6 Å². The highest BCUT2D eigenvalue weighted by atomic mass is 35.5. The second-order valence-corrected chi connectivity index (χ2v) is 3.77. The van der Waals surface area contributed by atoms with E-state index in [0.717, 1.165) is 16.6 Å². The number of nitrogens with one attached hydrogen (secondary N) is 1. The topological polar surface area (TPSA) is 67.3 Å². The molecule has 0 atom stereocenters. The number of benzene rings is 1. The van der Waals surface area contributed by atoms with E-state index in [0.29, 0.717) is 17.5 Å². The lowest BCUT2D eigenvalue weighted by molar-refractivity contribution is 1.02. The van der Waals surface area contributed by atoms with Crippen molar-refractivity contribution in [2.75, 3.05) is 0 Å². The molecule has 0 bridgehead atoms. The van der Waals surface area contributed by atoms with E-state index in [-0.39, 0.29) is 0 Å². The second-order valence-electron chi connectivity index (χ2n) is 3.50. The first kappa shape index (κ1) is 10.2. The largest absolute Gasteiger partial charge is 0.262 e. The smallest absolute Gasteiger partial charge is 0.181 e. The van der Waals surface area contributed by atoms with Crippen LogP contribution in [0.4, 0.5) is 0 Å². The van der Waals surface area contributed by atoms with Gasteiger partial charge >= 0.3 is 0 Å². The third-order valence-corrected chi connectivity index (χ3v) is 2.64. The fourth-order valence-corrected chi connectivity index (χ4v) is 1.71. The highest BCUT2D eigenvalue weighted by Gasteiger charge is 2.06. The number of H-pyrrole nitrogens is 1. The normalized spacial score (nSPS) is 10.9. The number of hydrogen-bond donors (Lipinski definition) is 1. The molecule has 6 heteroatoms. The number of fused-ring (bicyclic) bond motifs is 1. The minimum Gasteiger partial charge on any atom is -0.262 e. The van der Waals surface area contributed by atoms with Gasteiger partial charge in [0.1, 0.15) is 5.82 Å². The van der Waals surface area contributed by atoms with Gasteiger partial charge in [0, 0.05) is 18.0 Å². The summed E-state index contributed by atoms with van der Waals surface area (Å²) >= 11 is 5.67. The molecule has 0 unspecified atom stereocenters. The fourth-order valence-electron chi connectivity index (χ4n) is 1.59. The summed E-state index contributed by atoms with van der Waals surface area (Å²) in [4.78, 5) is 12.7. The van der Waals surface area contributed by atoms with Gasteiger partial charge < -0.3 is 0 Å². The van der Waals surface area contributed by atoms with Gasteiger partial charge in [0.2, 0.25) is 0 Å². The fraction of sp³-hybridized carbons (Fsp3) is 0.0909. The van der Waals surface area contributed by atoms with E-state index in [2.05, 4.69) is 25.1 Å². The Morgan fingerprint density at radius 2 is 1.94 bits per heavy atom. The van der Waals surface area contributed by atoms with Gasteiger partial charge in [-0.2, -0.15) is 5.10 Å². The summed E-state index contributed by atoms with van der Waals surface area (Å²) in [6.07, 6.45) is 3.33. The molecule has 5 nitrogen and oxygen atoms in total. The third kappa shape index (κ3) is 1.85. The summed E-state index contributed by atoms with van der Waals surface area (Å²) < 4.78 is 0. The average molecular weight is 246 g/mol. The summed E-state index contributed by atoms with van der Waals surface area (Å²) in [5, 5.41) is 6.87. The number of rotatable bonds is 2. The van der Waals surface area contributed by atoms with Gasteiger partial charge in [-0.15, -0.1) is 11.6 Å². The molecule has 2 heterocycles. The summed E-state index contributed by atoms with van der Waals surface area (Å²) in [6, 6.07) is 5.72. The third-order valence-electron chi connectivity index (χ3n) is 2.39. The zero-order valence-electron chi connectivity index (χ0n) is 8.76. The van der Waals surface area contributed by atoms with Crippen LogP contribution in [0.15, 0.2) is 30.6 Å². The van der Waals surface area contributed by atoms with Crippen molar-refractivity contribution >= 4 is 22.6 Å². The molecule has 0 aliphatic heterocycles. The van der Waals surface area contributed by atoms with Crippen molar-refractivity contribution in [3.63, 3.8) is 0 Å². The van der Waals surface area contributed by atoms with E-state index in [1.165, 1.54) is 0 Å². The molecule has 2 aromatic heterocycles. The monoisotopic (exact) mass is 245 g/mol. The molecule has 0 aliphatic carbocycles. The van der Waals surface area contributed by atoms with E-state index in [9.17, 15) is 0 Å². The molecular weight excluding hydrogens is 238 g/mol. The molecule has 0 radical (unpaired) electrons. The molecule has 0 aliphatic rings. The highest BCUT2D eigenvalue weighted by molar-refractivity contribution is 6.16. The van der Waals surface area contributed by atoms with Crippen LogP contribution in [0, 0.1) is 0 Å². The number of hydrogen-bond acceptors (Lipinski definition) is 4. The molecule has 1 N–H and O–H groups in total. The maximum atomic E-state index is 5.67. The van der Waals surface area contributed by atoms with Crippen LogP contribution in [-0.2, 0) is 5.88 Å². The SMILES string of the molecule is ClCc1nc(-c2ccc3nccnc3c2)n[nH]1. The van der Waals surface area contributed by atoms with Crippen LogP contribution in [0.1, 0.15) is 5.82 Å². The van der Waals surface area contributed by atoms with Gasteiger partial charge in [-0.3, -0.25) is 15.1 Å². The zero-order valence-corrected chi connectivity index (χ0v) is 9.52. The number of aromatic amines is 1. The Hall–Kier alpha value is -2.01. The highest BCUT2D eigenvalue weighted by Crippen LogP contribution is 2.19. The Balaban J connectivity index is 2.11. The van der Waals surface area contributed by atoms with Gasteiger partial charge in [-0.05, 0) is 18.2 Å². The van der Waals surface area contributed by atoms with Gasteiger partial charge in [0.15, 0.2) is 5.82 Å². The summed E-state index contributed by atoms with van der Waals surface area (Å²) in [6.45, 7) is 0. The average Bonchev–Trinajstić information content (AvgIpc) is 2.87. The molecule has 3 aromatic rings. The van der Waals surface area contributed by atoms with Gasteiger partial charge in [-0.25, -0.2) is 4.98 Å². The van der Waals surface area contributed by atoms with Crippen molar-refractivity contribution in [2.45, 2.75) is 5.88 Å². The first-order valence-electron chi connectivity index (χ1n) is 5.05. The van der Waals surface area contributed by atoms with Crippen LogP contribution in [0.3, 0.4) is 0 Å². The van der Waals surface area contributed by atoms with E-state index < -0.39 is 0 Å². The molecule has 0 amide bonds. The lowest BCUT2D eigenvalue weighted by atomic mass is 10.2. The van der Waals surface area contributed by atoms with Gasteiger partial charge in [0.25, 0.3) is 0 Å². The number of aromatic nitrogens is 5. The van der Waals surface area contributed by atoms with E-state index in [4.69, 9.17) is 11.6 Å². The Morgan fingerprint density at radius 3 is 2.71 bits per heavy atom. The van der Waals surface area contributed by atoms with Crippen molar-refractivity contribution < 1.29 is 0 Å². The summed E-state index contributed by atoms with van der Waals surface area (Å²) in [5.41, 5.74) is 2.57. The predicted molar refractivity (Wildman–Crippen MR) is 64.5 cm³/mol. The molecular formula is C11H8ClN5. The standard InChI is InChI=1S/C11H8ClN5/c12-6-10-15-11(17-16-10)7-1-2-8-9(5-7)14-4-3-13-8/h1-5H,6H2,(H,15,16,17). The molecule has 84 valence electrons. The van der Waals surface area contributed by atoms with Crippen LogP contribution in [0.25, 0.3) is 22.4 Å². The Kier molecular flexibility index (Phi) is 2.45. The van der Waals surface area contributed by atoms with Crippen molar-refractivity contribution in [3.8, 4) is 11.4 Å². The van der Waals surface area contributed by atoms with Crippen molar-refractivity contribution in [2.24, 2.45) is 0 Å². The molecule has 3 rings (SSSR count). The summed E-state index contributed by atoms with van der Waals surface area (Å²) in [5.74, 6) is 1.59. The van der Waals surface area contributed by atoms with Crippen LogP contribution < -0.4 is 0 Å². The first-order valence-corrected chi connectivity index (χ1v) is 5.58. The maximum Gasteiger partial charge on any atom is 0.181 e. The molecule has 0 spiro atoms. The van der Waals surface area contributed by atoms with Crippen LogP contribution in [0.5, 0.6) is 0 Å². The van der Waals surface area contributed by atoms with Crippen LogP contribution in [0.2, 0.25) is 0 Å². The Morgan fingerprint density at radius 1 is 1.12 bits per heavy atom. The van der Waals surface area contributed by atoms with Crippen molar-refractivity contribution in [3.05, 3.63) is 36.4 Å². The van der Waals surface area contributed by atoms with Crippen molar-refractivity contribution in [1.29, 1.82) is 0 Å². The number of nitrogens with zero attached hydrogens (tertiary/aromatic N) is 4. The van der Waals surface area contributed by atoms with E-state index in [1.54, 1.807) is 12.4 Å². The maximum absolute atomic E-state index is 5.67. The molecule has 17 heavy (non-hydrogen) atoms. The minimum atomic E-state index is 0.320. The Bertz CT molecular complexity index is 664. The second kappa shape index (κ2) is 4.10. The van der Waals surface area contributed by atoms with Crippen LogP contribution in [-0.4, -0.2) is 25.1 Å². The molecule has 1 aromatic carbocycles. The van der Waals surface area contributed by atoms with Crippen molar-refractivity contribution in [1.82, 2.24) is 25.1 Å². The van der Waals surface area contributed by atoms with Gasteiger partial charge in [-0.1, -0.05) is 0 Å². The van der Waals surface area contributed by atoms with E-state index in [1.807, 2.05) is 18.2 Å². The predicted octanol–water partition coefficient (Wildman–Crippen LogP) is 2.15. The Labute approximate surface area is 102 Å². The quantitative estimate of drug-likeness (QED) is 0.703. The molecule has 0 saturated carbocycles. The lowest BCUT2D eigenvalue weighted by Gasteiger charge is -1.97. The lowest BCUT2D eigenvalue weighted by Crippen LogP contribution is -1.85.